The third kappa shape index (κ3) is 11.1. The topological polar surface area (TPSA) is 161 Å². The number of ether oxygens (including phenoxy) is 4. The quantitative estimate of drug-likeness (QED) is 0.0582. The van der Waals surface area contributed by atoms with Crippen molar-refractivity contribution in [1.82, 2.24) is 30.6 Å². The molecule has 16 heteroatoms. The van der Waals surface area contributed by atoms with Crippen molar-refractivity contribution in [1.29, 1.82) is 0 Å². The number of hydrogen-bond donors (Lipinski definition) is 6. The molecule has 7 rings (SSSR count). The summed E-state index contributed by atoms with van der Waals surface area (Å²) in [5.74, 6) is 3.52. The summed E-state index contributed by atoms with van der Waals surface area (Å²) in [4.78, 5) is 18.4. The molecule has 4 aromatic carbocycles. The first-order valence-electron chi connectivity index (χ1n) is 17.7. The molecule has 0 spiro atoms. The number of rotatable bonds is 10. The zero-order chi connectivity index (χ0) is 38.7. The van der Waals surface area contributed by atoms with Gasteiger partial charge in [-0.1, -0.05) is 36.4 Å². The number of nitrogens with zero attached hydrogens (tertiary/aromatic N) is 4. The molecule has 0 radical (unpaired) electrons. The molecule has 14 nitrogen and oxygen atoms in total. The van der Waals surface area contributed by atoms with Crippen molar-refractivity contribution in [3.63, 3.8) is 0 Å². The van der Waals surface area contributed by atoms with Crippen LogP contribution in [-0.2, 0) is 0 Å². The third-order valence-electron chi connectivity index (χ3n) is 7.75. The molecule has 0 saturated carbocycles. The Balaban J connectivity index is 1.08. The van der Waals surface area contributed by atoms with E-state index in [1.807, 2.05) is 98.8 Å². The van der Waals surface area contributed by atoms with Crippen molar-refractivity contribution in [2.24, 2.45) is 0 Å². The van der Waals surface area contributed by atoms with E-state index in [9.17, 15) is 0 Å². The van der Waals surface area contributed by atoms with Gasteiger partial charge in [0.25, 0.3) is 0 Å². The van der Waals surface area contributed by atoms with Gasteiger partial charge in [0.15, 0.2) is 10.2 Å². The maximum atomic E-state index is 6.28. The molecular weight excluding hydrogens is 749 g/mol. The largest absolute Gasteiger partial charge is 0.439 e. The SMILES string of the molecule is Cc1cc2cc(c1)Oc1cc(nc(NCCNC(=S)Nc3ccccc3)n1)Oc1cc(C)cc(c1)Oc1cc(nc(NCCNC(=S)Nc3ccccc3)n1)O2. The average Bonchev–Trinajstić information content (AvgIpc) is 3.15. The van der Waals surface area contributed by atoms with Crippen LogP contribution in [-0.4, -0.2) is 56.3 Å². The average molecular weight is 787 g/mol. The summed E-state index contributed by atoms with van der Waals surface area (Å²) in [6, 6.07) is 33.6. The van der Waals surface area contributed by atoms with Crippen LogP contribution >= 0.6 is 24.4 Å². The molecule has 3 heterocycles. The molecule has 6 aromatic rings. The van der Waals surface area contributed by atoms with Gasteiger partial charge in [0.2, 0.25) is 35.4 Å². The number of aryl methyl sites for hydroxylation is 2. The molecule has 6 N–H and O–H groups in total. The summed E-state index contributed by atoms with van der Waals surface area (Å²) >= 11 is 10.9. The number of nitrogens with one attached hydrogen (secondary N) is 6. The van der Waals surface area contributed by atoms with E-state index in [0.717, 1.165) is 22.5 Å². The summed E-state index contributed by atoms with van der Waals surface area (Å²) in [5.41, 5.74) is 3.56. The van der Waals surface area contributed by atoms with Gasteiger partial charge in [-0.2, -0.15) is 19.9 Å². The third-order valence-corrected chi connectivity index (χ3v) is 8.24. The minimum absolute atomic E-state index is 0.252. The molecule has 0 aliphatic carbocycles. The molecular formula is C40H38N10O4S2. The molecule has 0 unspecified atom stereocenters. The van der Waals surface area contributed by atoms with Crippen LogP contribution in [0.2, 0.25) is 0 Å². The highest BCUT2D eigenvalue weighted by molar-refractivity contribution is 7.80. The summed E-state index contributed by atoms with van der Waals surface area (Å²) in [6.45, 7) is 5.77. The van der Waals surface area contributed by atoms with Crippen molar-refractivity contribution >= 4 is 57.9 Å². The molecule has 0 saturated heterocycles. The fraction of sp³-hybridized carbons (Fsp3) is 0.150. The Kier molecular flexibility index (Phi) is 12.1. The van der Waals surface area contributed by atoms with Crippen LogP contribution in [0.5, 0.6) is 46.5 Å². The summed E-state index contributed by atoms with van der Waals surface area (Å²) in [5, 5.41) is 20.1. The lowest BCUT2D eigenvalue weighted by Crippen LogP contribution is -2.32. The molecule has 56 heavy (non-hydrogen) atoms. The number of para-hydroxylation sites is 2. The van der Waals surface area contributed by atoms with E-state index in [2.05, 4.69) is 51.8 Å². The zero-order valence-corrected chi connectivity index (χ0v) is 32.1. The number of hydrogen-bond acceptors (Lipinski definition) is 12. The van der Waals surface area contributed by atoms with Crippen molar-refractivity contribution in [3.05, 3.63) is 120 Å². The second kappa shape index (κ2) is 18.0. The first kappa shape index (κ1) is 37.5. The molecule has 284 valence electrons. The first-order chi connectivity index (χ1) is 27.3. The Morgan fingerprint density at radius 2 is 0.804 bits per heavy atom. The van der Waals surface area contributed by atoms with E-state index in [4.69, 9.17) is 43.4 Å². The van der Waals surface area contributed by atoms with Gasteiger partial charge in [-0.15, -0.1) is 0 Å². The Morgan fingerprint density at radius 3 is 1.14 bits per heavy atom. The first-order valence-corrected chi connectivity index (χ1v) is 18.5. The number of fused-ring (bicyclic) bond motifs is 8. The number of anilines is 4. The molecule has 1 aliphatic rings. The highest BCUT2D eigenvalue weighted by Crippen LogP contribution is 2.35. The fourth-order valence-corrected chi connectivity index (χ4v) is 5.86. The van der Waals surface area contributed by atoms with Crippen LogP contribution in [0.25, 0.3) is 0 Å². The van der Waals surface area contributed by atoms with Gasteiger partial charge in [0, 0.05) is 49.7 Å². The van der Waals surface area contributed by atoms with Gasteiger partial charge in [0.05, 0.1) is 12.1 Å². The van der Waals surface area contributed by atoms with Gasteiger partial charge in [0.1, 0.15) is 23.0 Å². The Bertz CT molecular complexity index is 2070. The van der Waals surface area contributed by atoms with Crippen LogP contribution in [0.15, 0.2) is 109 Å². The number of thiocarbonyl (C=S) groups is 2. The van der Waals surface area contributed by atoms with E-state index in [1.165, 1.54) is 0 Å². The van der Waals surface area contributed by atoms with E-state index in [-0.39, 0.29) is 23.5 Å². The molecule has 0 atom stereocenters. The molecule has 8 bridgehead atoms. The summed E-state index contributed by atoms with van der Waals surface area (Å²) in [6.07, 6.45) is 0. The van der Waals surface area contributed by atoms with Crippen LogP contribution in [0.1, 0.15) is 11.1 Å². The second-order valence-corrected chi connectivity index (χ2v) is 13.3. The molecule has 1 aliphatic heterocycles. The zero-order valence-electron chi connectivity index (χ0n) is 30.5. The molecule has 0 amide bonds. The van der Waals surface area contributed by atoms with E-state index in [1.54, 1.807) is 24.3 Å². The lowest BCUT2D eigenvalue weighted by Gasteiger charge is -2.16. The minimum Gasteiger partial charge on any atom is -0.439 e. The Labute approximate surface area is 334 Å². The van der Waals surface area contributed by atoms with Gasteiger partial charge in [-0.25, -0.2) is 0 Å². The monoisotopic (exact) mass is 786 g/mol. The van der Waals surface area contributed by atoms with Crippen LogP contribution in [0.3, 0.4) is 0 Å². The minimum atomic E-state index is 0.252. The molecule has 0 fully saturated rings. The Morgan fingerprint density at radius 1 is 0.464 bits per heavy atom. The van der Waals surface area contributed by atoms with Crippen LogP contribution in [0.4, 0.5) is 23.3 Å². The molecule has 2 aromatic heterocycles. The lowest BCUT2D eigenvalue weighted by atomic mass is 10.2. The van der Waals surface area contributed by atoms with E-state index >= 15 is 0 Å². The van der Waals surface area contributed by atoms with Crippen LogP contribution in [0, 0.1) is 13.8 Å². The van der Waals surface area contributed by atoms with E-state index < -0.39 is 0 Å². The van der Waals surface area contributed by atoms with Gasteiger partial charge >= 0.3 is 0 Å². The summed E-state index contributed by atoms with van der Waals surface area (Å²) in [7, 11) is 0. The lowest BCUT2D eigenvalue weighted by molar-refractivity contribution is 0.415. The number of benzene rings is 4. The summed E-state index contributed by atoms with van der Waals surface area (Å²) < 4.78 is 25.1. The highest BCUT2D eigenvalue weighted by Gasteiger charge is 2.15. The second-order valence-electron chi connectivity index (χ2n) is 12.5. The van der Waals surface area contributed by atoms with Crippen molar-refractivity contribution in [2.75, 3.05) is 47.4 Å². The fourth-order valence-electron chi connectivity index (χ4n) is 5.42. The normalized spacial score (nSPS) is 11.3. The van der Waals surface area contributed by atoms with Gasteiger partial charge < -0.3 is 50.8 Å². The highest BCUT2D eigenvalue weighted by atomic mass is 32.1. The van der Waals surface area contributed by atoms with Gasteiger partial charge in [-0.05, 0) is 97.9 Å². The van der Waals surface area contributed by atoms with Crippen molar-refractivity contribution < 1.29 is 18.9 Å². The van der Waals surface area contributed by atoms with Crippen molar-refractivity contribution in [3.8, 4) is 46.5 Å². The van der Waals surface area contributed by atoms with Crippen molar-refractivity contribution in [2.45, 2.75) is 13.8 Å². The predicted molar refractivity (Wildman–Crippen MR) is 225 cm³/mol. The van der Waals surface area contributed by atoms with Crippen LogP contribution < -0.4 is 50.8 Å². The van der Waals surface area contributed by atoms with Gasteiger partial charge in [-0.3, -0.25) is 0 Å². The predicted octanol–water partition coefficient (Wildman–Crippen LogP) is 8.16. The Hall–Kier alpha value is -6.78. The van der Waals surface area contributed by atoms with E-state index in [0.29, 0.717) is 71.3 Å². The number of aromatic nitrogens is 4. The maximum Gasteiger partial charge on any atom is 0.229 e. The smallest absolute Gasteiger partial charge is 0.229 e. The standard InChI is InChI=1S/C40H38N10O4S2/c1-25-17-29-21-30(18-25)52-34-24-36(50-38(48-34)42-14-16-44-40(56)46-28-11-7-4-8-12-28)54-32-20-26(2)19-31(22-32)53-35-23-33(51-29)47-37(49-35)41-13-15-43-39(55)45-27-9-5-3-6-10-27/h3-12,17-24H,13-16H2,1-2H3,(H,41,47,49)(H,42,48,50)(H2,43,45,55)(H2,44,46,56). The maximum absolute atomic E-state index is 6.28.